The van der Waals surface area contributed by atoms with Crippen LogP contribution in [-0.4, -0.2) is 52.1 Å². The molecule has 5 N–H and O–H groups in total. The molecule has 0 saturated carbocycles. The molecule has 182 valence electrons. The molecule has 0 spiro atoms. The Labute approximate surface area is 201 Å². The normalized spacial score (nSPS) is 13.3. The minimum Gasteiger partial charge on any atom is -0.491 e. The zero-order valence-corrected chi connectivity index (χ0v) is 19.9. The molecule has 34 heavy (non-hydrogen) atoms. The van der Waals surface area contributed by atoms with Gasteiger partial charge in [-0.25, -0.2) is 4.79 Å². The molecular formula is C24H29N3O6S. The Kier molecular flexibility index (Phi) is 8.43. The molecule has 3 aromatic rings. The van der Waals surface area contributed by atoms with Crippen LogP contribution in [0.15, 0.2) is 48.8 Å². The fraction of sp³-hybridized carbons (Fsp3) is 0.375. The summed E-state index contributed by atoms with van der Waals surface area (Å²) >= 11 is 1.44. The van der Waals surface area contributed by atoms with Crippen LogP contribution >= 0.6 is 11.3 Å². The van der Waals surface area contributed by atoms with E-state index in [2.05, 4.69) is 10.3 Å². The molecule has 1 aromatic carbocycles. The number of aliphatic hydroxyl groups excluding tert-OH is 2. The summed E-state index contributed by atoms with van der Waals surface area (Å²) in [6.45, 7) is 3.06. The van der Waals surface area contributed by atoms with Crippen LogP contribution in [0.5, 0.6) is 5.75 Å². The minimum absolute atomic E-state index is 0.0425. The Morgan fingerprint density at radius 3 is 2.62 bits per heavy atom. The van der Waals surface area contributed by atoms with E-state index in [1.807, 2.05) is 12.1 Å². The average molecular weight is 488 g/mol. The number of aromatic nitrogens is 1. The standard InChI is InChI=1S/C24H29N3O6S/c1-24(2,33-23(25)31)9-7-19(15-3-5-18(6-4-15)32-14-17(29)13-28)22(30)27-21-11-16-8-10-26-12-20(16)34-21/h3-6,8,10-12,17,19,28-29H,7,9,13-14H2,1-2H3,(H2,25,31)(H,27,30). The van der Waals surface area contributed by atoms with Crippen molar-refractivity contribution in [1.29, 1.82) is 0 Å². The zero-order chi connectivity index (χ0) is 24.7. The second kappa shape index (κ2) is 11.3. The molecular weight excluding hydrogens is 458 g/mol. The number of hydrogen-bond donors (Lipinski definition) is 4. The third-order valence-electron chi connectivity index (χ3n) is 5.23. The maximum absolute atomic E-state index is 13.3. The molecule has 0 aliphatic heterocycles. The minimum atomic E-state index is -0.970. The number of carbonyl (C=O) groups excluding carboxylic acids is 2. The third-order valence-corrected chi connectivity index (χ3v) is 6.23. The van der Waals surface area contributed by atoms with Gasteiger partial charge in [-0.05, 0) is 61.9 Å². The summed E-state index contributed by atoms with van der Waals surface area (Å²) in [4.78, 5) is 28.7. The number of primary amides is 1. The topological polar surface area (TPSA) is 144 Å². The second-order valence-corrected chi connectivity index (χ2v) is 9.59. The van der Waals surface area contributed by atoms with E-state index in [-0.39, 0.29) is 12.5 Å². The maximum Gasteiger partial charge on any atom is 0.405 e. The van der Waals surface area contributed by atoms with Crippen LogP contribution < -0.4 is 15.8 Å². The van der Waals surface area contributed by atoms with Crippen LogP contribution in [0.4, 0.5) is 9.80 Å². The van der Waals surface area contributed by atoms with E-state index in [1.165, 1.54) is 11.3 Å². The highest BCUT2D eigenvalue weighted by molar-refractivity contribution is 7.22. The van der Waals surface area contributed by atoms with E-state index in [0.29, 0.717) is 23.6 Å². The molecule has 2 heterocycles. The summed E-state index contributed by atoms with van der Waals surface area (Å²) in [5.41, 5.74) is 5.10. The Hall–Kier alpha value is -3.21. The number of fused-ring (bicyclic) bond motifs is 1. The average Bonchev–Trinajstić information content (AvgIpc) is 3.19. The van der Waals surface area contributed by atoms with E-state index in [1.54, 1.807) is 50.5 Å². The first-order chi connectivity index (χ1) is 16.2. The van der Waals surface area contributed by atoms with Gasteiger partial charge >= 0.3 is 6.09 Å². The van der Waals surface area contributed by atoms with Crippen molar-refractivity contribution >= 4 is 38.4 Å². The van der Waals surface area contributed by atoms with E-state index >= 15 is 0 Å². The summed E-state index contributed by atoms with van der Waals surface area (Å²) in [5.74, 6) is -0.222. The first-order valence-electron chi connectivity index (χ1n) is 10.8. The number of benzene rings is 1. The van der Waals surface area contributed by atoms with E-state index in [4.69, 9.17) is 20.3 Å². The third kappa shape index (κ3) is 7.14. The van der Waals surface area contributed by atoms with Gasteiger partial charge in [-0.3, -0.25) is 9.78 Å². The summed E-state index contributed by atoms with van der Waals surface area (Å²) in [5, 5.41) is 23.1. The number of anilines is 1. The summed E-state index contributed by atoms with van der Waals surface area (Å²) in [6, 6.07) is 10.8. The molecule has 2 amide bonds. The Bertz CT molecular complexity index is 1080. The van der Waals surface area contributed by atoms with Gasteiger partial charge in [-0.2, -0.15) is 0 Å². The molecule has 3 rings (SSSR count). The Morgan fingerprint density at radius 1 is 1.24 bits per heavy atom. The van der Waals surface area contributed by atoms with Crippen LogP contribution in [0.3, 0.4) is 0 Å². The highest BCUT2D eigenvalue weighted by atomic mass is 32.1. The first-order valence-corrected chi connectivity index (χ1v) is 11.6. The van der Waals surface area contributed by atoms with E-state index in [9.17, 15) is 14.7 Å². The van der Waals surface area contributed by atoms with E-state index in [0.717, 1.165) is 15.6 Å². The second-order valence-electron chi connectivity index (χ2n) is 8.50. The van der Waals surface area contributed by atoms with Crippen LogP contribution in [0.25, 0.3) is 10.1 Å². The molecule has 9 nitrogen and oxygen atoms in total. The van der Waals surface area contributed by atoms with Crippen molar-refractivity contribution in [1.82, 2.24) is 4.98 Å². The molecule has 2 atom stereocenters. The maximum atomic E-state index is 13.3. The highest BCUT2D eigenvalue weighted by Crippen LogP contribution is 2.33. The van der Waals surface area contributed by atoms with Crippen molar-refractivity contribution in [2.75, 3.05) is 18.5 Å². The van der Waals surface area contributed by atoms with Crippen molar-refractivity contribution in [2.24, 2.45) is 5.73 Å². The zero-order valence-electron chi connectivity index (χ0n) is 19.1. The highest BCUT2D eigenvalue weighted by Gasteiger charge is 2.28. The molecule has 2 unspecified atom stereocenters. The Balaban J connectivity index is 1.78. The van der Waals surface area contributed by atoms with Gasteiger partial charge in [0.25, 0.3) is 0 Å². The number of hydrogen-bond acceptors (Lipinski definition) is 8. The van der Waals surface area contributed by atoms with Crippen LogP contribution in [0.1, 0.15) is 38.2 Å². The van der Waals surface area contributed by atoms with Gasteiger partial charge in [-0.15, -0.1) is 11.3 Å². The lowest BCUT2D eigenvalue weighted by atomic mass is 9.89. The molecule has 2 aromatic heterocycles. The Morgan fingerprint density at radius 2 is 1.97 bits per heavy atom. The predicted molar refractivity (Wildman–Crippen MR) is 130 cm³/mol. The van der Waals surface area contributed by atoms with Crippen LogP contribution in [0, 0.1) is 0 Å². The molecule has 0 saturated heterocycles. The van der Waals surface area contributed by atoms with Gasteiger partial charge in [0.2, 0.25) is 5.91 Å². The van der Waals surface area contributed by atoms with Gasteiger partial charge in [0.05, 0.1) is 22.2 Å². The van der Waals surface area contributed by atoms with Crippen LogP contribution in [-0.2, 0) is 9.53 Å². The van der Waals surface area contributed by atoms with Crippen molar-refractivity contribution in [3.8, 4) is 5.75 Å². The molecule has 10 heteroatoms. The van der Waals surface area contributed by atoms with Gasteiger partial charge in [-0.1, -0.05) is 12.1 Å². The van der Waals surface area contributed by atoms with Gasteiger partial charge in [0.1, 0.15) is 24.1 Å². The SMILES string of the molecule is CC(C)(CCC(C(=O)Nc1cc2ccncc2s1)c1ccc(OCC(O)CO)cc1)OC(N)=O. The molecule has 0 aliphatic rings. The van der Waals surface area contributed by atoms with Gasteiger partial charge in [0.15, 0.2) is 0 Å². The van der Waals surface area contributed by atoms with Crippen LogP contribution in [0.2, 0.25) is 0 Å². The smallest absolute Gasteiger partial charge is 0.405 e. The number of rotatable bonds is 11. The van der Waals surface area contributed by atoms with Gasteiger partial charge < -0.3 is 30.7 Å². The summed E-state index contributed by atoms with van der Waals surface area (Å²) < 4.78 is 11.6. The monoisotopic (exact) mass is 487 g/mol. The summed E-state index contributed by atoms with van der Waals surface area (Å²) in [7, 11) is 0. The largest absolute Gasteiger partial charge is 0.491 e. The number of thiophene rings is 1. The number of pyridine rings is 1. The number of nitrogens with two attached hydrogens (primary N) is 1. The number of nitrogens with one attached hydrogen (secondary N) is 1. The lowest BCUT2D eigenvalue weighted by Crippen LogP contribution is -2.32. The quantitative estimate of drug-likeness (QED) is 0.324. The number of aliphatic hydroxyl groups is 2. The molecule has 0 aliphatic carbocycles. The fourth-order valence-corrected chi connectivity index (χ4v) is 4.39. The van der Waals surface area contributed by atoms with Crippen molar-refractivity contribution < 1.29 is 29.3 Å². The molecule has 0 radical (unpaired) electrons. The van der Waals surface area contributed by atoms with Crippen molar-refractivity contribution in [3.05, 3.63) is 54.4 Å². The number of ether oxygens (including phenoxy) is 2. The molecule has 0 bridgehead atoms. The van der Waals surface area contributed by atoms with Crippen molar-refractivity contribution in [2.45, 2.75) is 44.3 Å². The number of nitrogens with zero attached hydrogens (tertiary/aromatic N) is 1. The molecule has 0 fully saturated rings. The number of carbonyl (C=O) groups is 2. The lowest BCUT2D eigenvalue weighted by Gasteiger charge is -2.26. The van der Waals surface area contributed by atoms with Crippen molar-refractivity contribution in [3.63, 3.8) is 0 Å². The number of amides is 2. The summed E-state index contributed by atoms with van der Waals surface area (Å²) in [6.07, 6.45) is 2.43. The van der Waals surface area contributed by atoms with E-state index < -0.39 is 30.3 Å². The lowest BCUT2D eigenvalue weighted by molar-refractivity contribution is -0.117. The predicted octanol–water partition coefficient (Wildman–Crippen LogP) is 3.40. The first kappa shape index (κ1) is 25.4. The van der Waals surface area contributed by atoms with Gasteiger partial charge in [0, 0.05) is 12.4 Å². The fourth-order valence-electron chi connectivity index (χ4n) is 3.46.